The Morgan fingerprint density at radius 1 is 1.59 bits per heavy atom. The number of amides is 1. The number of nitrogens with one attached hydrogen (secondary N) is 2. The van der Waals surface area contributed by atoms with Gasteiger partial charge in [0.2, 0.25) is 0 Å². The fourth-order valence-electron chi connectivity index (χ4n) is 1.70. The Morgan fingerprint density at radius 2 is 2.29 bits per heavy atom. The van der Waals surface area contributed by atoms with Gasteiger partial charge < -0.3 is 10.5 Å². The van der Waals surface area contributed by atoms with Crippen molar-refractivity contribution in [1.29, 1.82) is 0 Å². The second kappa shape index (κ2) is 5.15. The number of nitrogens with zero attached hydrogens (tertiary/aromatic N) is 2. The zero-order chi connectivity index (χ0) is 12.3. The van der Waals surface area contributed by atoms with Crippen LogP contribution < -0.4 is 11.2 Å². The number of hydrogen-bond donors (Lipinski definition) is 3. The van der Waals surface area contributed by atoms with Crippen LogP contribution in [0.15, 0.2) is 0 Å². The molecule has 1 amide bonds. The highest BCUT2D eigenvalue weighted by Gasteiger charge is 2.19. The lowest BCUT2D eigenvalue weighted by atomic mass is 10.2. The molecule has 1 aromatic rings. The number of H-pyrrole nitrogens is 1. The van der Waals surface area contributed by atoms with Gasteiger partial charge in [-0.15, -0.1) is 0 Å². The smallest absolute Gasteiger partial charge is 0.288 e. The number of morpholine rings is 1. The number of ether oxygens (including phenoxy) is 1. The Kier molecular flexibility index (Phi) is 3.60. The highest BCUT2D eigenvalue weighted by Crippen LogP contribution is 2.14. The molecule has 0 unspecified atom stereocenters. The van der Waals surface area contributed by atoms with Gasteiger partial charge in [-0.05, 0) is 6.42 Å². The van der Waals surface area contributed by atoms with Crippen molar-refractivity contribution in [2.45, 2.75) is 13.3 Å². The lowest BCUT2D eigenvalue weighted by molar-refractivity contribution is 0.0125. The summed E-state index contributed by atoms with van der Waals surface area (Å²) >= 11 is 0. The summed E-state index contributed by atoms with van der Waals surface area (Å²) in [5, 5.41) is 8.51. The van der Waals surface area contributed by atoms with Crippen molar-refractivity contribution in [2.24, 2.45) is 0 Å². The zero-order valence-electron chi connectivity index (χ0n) is 9.82. The summed E-state index contributed by atoms with van der Waals surface area (Å²) in [7, 11) is 0. The number of carbonyl (C=O) groups is 1. The molecule has 94 valence electrons. The van der Waals surface area contributed by atoms with E-state index in [1.165, 1.54) is 0 Å². The highest BCUT2D eigenvalue weighted by molar-refractivity contribution is 5.97. The molecule has 17 heavy (non-hydrogen) atoms. The first-order chi connectivity index (χ1) is 8.22. The molecule has 1 saturated heterocycles. The second-order valence-electron chi connectivity index (χ2n) is 3.86. The number of hydrazine groups is 1. The van der Waals surface area contributed by atoms with Gasteiger partial charge in [-0.1, -0.05) is 6.92 Å². The van der Waals surface area contributed by atoms with Crippen LogP contribution in [0.2, 0.25) is 0 Å². The standard InChI is InChI=1S/C10H17N5O2/c1-2-7-8(11)9(13-12-7)10(16)14-15-3-5-17-6-4-15/h2-6,11H2,1H3,(H,12,13)(H,14,16). The van der Waals surface area contributed by atoms with Gasteiger partial charge in [-0.2, -0.15) is 5.10 Å². The summed E-state index contributed by atoms with van der Waals surface area (Å²) in [4.78, 5) is 11.9. The molecule has 2 heterocycles. The maximum absolute atomic E-state index is 11.9. The molecule has 7 nitrogen and oxygen atoms in total. The summed E-state index contributed by atoms with van der Waals surface area (Å²) in [6, 6.07) is 0. The van der Waals surface area contributed by atoms with Crippen molar-refractivity contribution in [1.82, 2.24) is 20.6 Å². The van der Waals surface area contributed by atoms with Crippen molar-refractivity contribution >= 4 is 11.6 Å². The van der Waals surface area contributed by atoms with Gasteiger partial charge in [-0.25, -0.2) is 5.01 Å². The predicted molar refractivity (Wildman–Crippen MR) is 62.2 cm³/mol. The topological polar surface area (TPSA) is 96.3 Å². The monoisotopic (exact) mass is 239 g/mol. The average molecular weight is 239 g/mol. The first-order valence-corrected chi connectivity index (χ1v) is 5.68. The molecule has 4 N–H and O–H groups in total. The number of carbonyl (C=O) groups excluding carboxylic acids is 1. The van der Waals surface area contributed by atoms with Crippen LogP contribution in [-0.4, -0.2) is 47.4 Å². The summed E-state index contributed by atoms with van der Waals surface area (Å²) in [6.07, 6.45) is 0.726. The fraction of sp³-hybridized carbons (Fsp3) is 0.600. The Balaban J connectivity index is 2.01. The van der Waals surface area contributed by atoms with Crippen LogP contribution >= 0.6 is 0 Å². The zero-order valence-corrected chi connectivity index (χ0v) is 9.82. The number of rotatable bonds is 3. The Labute approximate surface area is 99.3 Å². The van der Waals surface area contributed by atoms with E-state index in [1.807, 2.05) is 11.9 Å². The van der Waals surface area contributed by atoms with E-state index in [1.54, 1.807) is 0 Å². The lowest BCUT2D eigenvalue weighted by Gasteiger charge is -2.26. The number of aryl methyl sites for hydroxylation is 1. The summed E-state index contributed by atoms with van der Waals surface area (Å²) in [6.45, 7) is 4.55. The largest absolute Gasteiger partial charge is 0.395 e. The van der Waals surface area contributed by atoms with Gasteiger partial charge in [0.1, 0.15) is 0 Å². The van der Waals surface area contributed by atoms with Gasteiger partial charge in [0, 0.05) is 13.1 Å². The fourth-order valence-corrected chi connectivity index (χ4v) is 1.70. The molecule has 1 aliphatic rings. The first kappa shape index (κ1) is 11.9. The third-order valence-electron chi connectivity index (χ3n) is 2.72. The number of nitrogen functional groups attached to an aromatic ring is 1. The minimum absolute atomic E-state index is 0.258. The van der Waals surface area contributed by atoms with E-state index in [0.29, 0.717) is 32.0 Å². The molecule has 0 aliphatic carbocycles. The highest BCUT2D eigenvalue weighted by atomic mass is 16.5. The van der Waals surface area contributed by atoms with Crippen LogP contribution in [0.1, 0.15) is 23.1 Å². The van der Waals surface area contributed by atoms with Gasteiger partial charge in [0.25, 0.3) is 5.91 Å². The Hall–Kier alpha value is -1.60. The van der Waals surface area contributed by atoms with Crippen molar-refractivity contribution in [3.63, 3.8) is 0 Å². The third kappa shape index (κ3) is 2.56. The second-order valence-corrected chi connectivity index (χ2v) is 3.86. The minimum atomic E-state index is -0.277. The van der Waals surface area contributed by atoms with Crippen molar-refractivity contribution in [3.8, 4) is 0 Å². The normalized spacial score (nSPS) is 17.0. The van der Waals surface area contributed by atoms with Gasteiger partial charge in [0.05, 0.1) is 24.6 Å². The van der Waals surface area contributed by atoms with E-state index in [9.17, 15) is 4.79 Å². The third-order valence-corrected chi connectivity index (χ3v) is 2.72. The molecule has 1 aromatic heterocycles. The lowest BCUT2D eigenvalue weighted by Crippen LogP contribution is -2.48. The number of aromatic nitrogens is 2. The first-order valence-electron chi connectivity index (χ1n) is 5.68. The van der Waals surface area contributed by atoms with Gasteiger partial charge in [0.15, 0.2) is 5.69 Å². The van der Waals surface area contributed by atoms with Crippen molar-refractivity contribution < 1.29 is 9.53 Å². The number of nitrogens with two attached hydrogens (primary N) is 1. The van der Waals surface area contributed by atoms with E-state index >= 15 is 0 Å². The maximum Gasteiger partial charge on any atom is 0.288 e. The molecule has 0 atom stereocenters. The van der Waals surface area contributed by atoms with Crippen LogP contribution in [0.4, 0.5) is 5.69 Å². The average Bonchev–Trinajstić information content (AvgIpc) is 2.71. The quantitative estimate of drug-likeness (QED) is 0.662. The van der Waals surface area contributed by atoms with E-state index in [4.69, 9.17) is 10.5 Å². The van der Waals surface area contributed by atoms with Gasteiger partial charge in [-0.3, -0.25) is 15.3 Å². The number of hydrogen-bond acceptors (Lipinski definition) is 5. The summed E-state index contributed by atoms with van der Waals surface area (Å²) < 4.78 is 5.19. The summed E-state index contributed by atoms with van der Waals surface area (Å²) in [5.74, 6) is -0.277. The molecule has 2 rings (SSSR count). The van der Waals surface area contributed by atoms with E-state index in [2.05, 4.69) is 15.6 Å². The van der Waals surface area contributed by atoms with Crippen LogP contribution in [0.25, 0.3) is 0 Å². The summed E-state index contributed by atoms with van der Waals surface area (Å²) in [5.41, 5.74) is 10.1. The molecule has 0 bridgehead atoms. The molecular formula is C10H17N5O2. The van der Waals surface area contributed by atoms with Crippen LogP contribution in [0.3, 0.4) is 0 Å². The molecule has 1 aliphatic heterocycles. The molecular weight excluding hydrogens is 222 g/mol. The SMILES string of the molecule is CCc1[nH]nc(C(=O)NN2CCOCC2)c1N. The molecule has 0 saturated carbocycles. The Morgan fingerprint density at radius 3 is 2.88 bits per heavy atom. The number of anilines is 1. The van der Waals surface area contributed by atoms with E-state index in [0.717, 1.165) is 12.1 Å². The molecule has 0 spiro atoms. The molecule has 1 fully saturated rings. The Bertz CT molecular complexity index is 397. The number of aromatic amines is 1. The van der Waals surface area contributed by atoms with Crippen LogP contribution in [0, 0.1) is 0 Å². The van der Waals surface area contributed by atoms with Crippen LogP contribution in [0.5, 0.6) is 0 Å². The minimum Gasteiger partial charge on any atom is -0.395 e. The molecule has 0 aromatic carbocycles. The van der Waals surface area contributed by atoms with E-state index < -0.39 is 0 Å². The predicted octanol–water partition coefficient (Wildman–Crippen LogP) is -0.469. The van der Waals surface area contributed by atoms with E-state index in [-0.39, 0.29) is 11.6 Å². The van der Waals surface area contributed by atoms with Crippen molar-refractivity contribution in [2.75, 3.05) is 32.0 Å². The molecule has 0 radical (unpaired) electrons. The van der Waals surface area contributed by atoms with Crippen molar-refractivity contribution in [3.05, 3.63) is 11.4 Å². The maximum atomic E-state index is 11.9. The molecule has 7 heteroatoms. The van der Waals surface area contributed by atoms with Gasteiger partial charge >= 0.3 is 0 Å². The van der Waals surface area contributed by atoms with Crippen LogP contribution in [-0.2, 0) is 11.2 Å².